The fourth-order valence-corrected chi connectivity index (χ4v) is 3.17. The second-order valence-electron chi connectivity index (χ2n) is 5.36. The van der Waals surface area contributed by atoms with Gasteiger partial charge in [-0.25, -0.2) is 8.42 Å². The Morgan fingerprint density at radius 2 is 1.65 bits per heavy atom. The van der Waals surface area contributed by atoms with Crippen molar-refractivity contribution in [3.8, 4) is 0 Å². The monoisotopic (exact) mass is 333 g/mol. The zero-order valence-electron chi connectivity index (χ0n) is 12.8. The minimum Gasteiger partial charge on any atom is -0.481 e. The summed E-state index contributed by atoms with van der Waals surface area (Å²) in [5.74, 6) is -0.813. The molecule has 0 amide bonds. The van der Waals surface area contributed by atoms with Crippen LogP contribution < -0.4 is 4.72 Å². The lowest BCUT2D eigenvalue weighted by atomic mass is 10.1. The highest BCUT2D eigenvalue weighted by atomic mass is 32.2. The van der Waals surface area contributed by atoms with E-state index in [4.69, 9.17) is 5.11 Å². The molecule has 0 radical (unpaired) electrons. The highest BCUT2D eigenvalue weighted by Gasteiger charge is 2.13. The van der Waals surface area contributed by atoms with Crippen molar-refractivity contribution < 1.29 is 18.3 Å². The fourth-order valence-electron chi connectivity index (χ4n) is 2.11. The standard InChI is InChI=1S/C17H19NO4S/c1-13-5-11-16(12-6-13)23(21,22)18-15-9-7-14(8-10-15)3-2-4-17(19)20/h5-12,18H,2-4H2,1H3,(H,19,20). The molecular weight excluding hydrogens is 314 g/mol. The minimum absolute atomic E-state index is 0.127. The van der Waals surface area contributed by atoms with Crippen LogP contribution in [0.5, 0.6) is 0 Å². The van der Waals surface area contributed by atoms with Crippen LogP contribution in [0, 0.1) is 6.92 Å². The Morgan fingerprint density at radius 1 is 1.04 bits per heavy atom. The zero-order valence-corrected chi connectivity index (χ0v) is 13.6. The maximum Gasteiger partial charge on any atom is 0.303 e. The van der Waals surface area contributed by atoms with Crippen molar-refractivity contribution in [2.24, 2.45) is 0 Å². The highest BCUT2D eigenvalue weighted by molar-refractivity contribution is 7.92. The molecule has 0 saturated carbocycles. The SMILES string of the molecule is Cc1ccc(S(=O)(=O)Nc2ccc(CCCC(=O)O)cc2)cc1. The first-order valence-corrected chi connectivity index (χ1v) is 8.75. The zero-order chi connectivity index (χ0) is 16.9. The van der Waals surface area contributed by atoms with Crippen LogP contribution in [0.15, 0.2) is 53.4 Å². The highest BCUT2D eigenvalue weighted by Crippen LogP contribution is 2.17. The average molecular weight is 333 g/mol. The van der Waals surface area contributed by atoms with Crippen molar-refractivity contribution in [2.45, 2.75) is 31.1 Å². The summed E-state index contributed by atoms with van der Waals surface area (Å²) in [6.07, 6.45) is 1.34. The predicted molar refractivity (Wildman–Crippen MR) is 89.0 cm³/mol. The van der Waals surface area contributed by atoms with E-state index in [1.54, 1.807) is 48.5 Å². The van der Waals surface area contributed by atoms with E-state index in [1.807, 2.05) is 6.92 Å². The second kappa shape index (κ2) is 7.28. The van der Waals surface area contributed by atoms with Crippen LogP contribution >= 0.6 is 0 Å². The Kier molecular flexibility index (Phi) is 5.39. The van der Waals surface area contributed by atoms with E-state index in [1.165, 1.54) is 0 Å². The summed E-state index contributed by atoms with van der Waals surface area (Å²) >= 11 is 0. The van der Waals surface area contributed by atoms with Crippen LogP contribution in [0.1, 0.15) is 24.0 Å². The van der Waals surface area contributed by atoms with Gasteiger partial charge in [-0.1, -0.05) is 29.8 Å². The van der Waals surface area contributed by atoms with E-state index in [-0.39, 0.29) is 11.3 Å². The second-order valence-corrected chi connectivity index (χ2v) is 7.05. The Balaban J connectivity index is 2.02. The number of hydrogen-bond donors (Lipinski definition) is 2. The van der Waals surface area contributed by atoms with Gasteiger partial charge in [0.1, 0.15) is 0 Å². The van der Waals surface area contributed by atoms with E-state index >= 15 is 0 Å². The number of carboxylic acids is 1. The van der Waals surface area contributed by atoms with Crippen molar-refractivity contribution in [1.29, 1.82) is 0 Å². The van der Waals surface area contributed by atoms with Crippen molar-refractivity contribution in [3.05, 3.63) is 59.7 Å². The molecule has 0 bridgehead atoms. The van der Waals surface area contributed by atoms with E-state index in [2.05, 4.69) is 4.72 Å². The topological polar surface area (TPSA) is 83.5 Å². The van der Waals surface area contributed by atoms with Crippen LogP contribution in [0.4, 0.5) is 5.69 Å². The Hall–Kier alpha value is -2.34. The number of aliphatic carboxylic acids is 1. The quantitative estimate of drug-likeness (QED) is 0.815. The minimum atomic E-state index is -3.60. The molecule has 0 aromatic heterocycles. The van der Waals surface area contributed by atoms with E-state index in [0.29, 0.717) is 18.5 Å². The van der Waals surface area contributed by atoms with Crippen LogP contribution in [-0.2, 0) is 21.2 Å². The molecule has 0 aliphatic rings. The van der Waals surface area contributed by atoms with Gasteiger partial charge in [0.15, 0.2) is 0 Å². The van der Waals surface area contributed by atoms with Crippen molar-refractivity contribution in [2.75, 3.05) is 4.72 Å². The summed E-state index contributed by atoms with van der Waals surface area (Å²) in [6, 6.07) is 13.6. The van der Waals surface area contributed by atoms with Crippen LogP contribution in [0.3, 0.4) is 0 Å². The number of carboxylic acid groups (broad SMARTS) is 1. The molecule has 5 nitrogen and oxygen atoms in total. The maximum absolute atomic E-state index is 12.3. The number of benzene rings is 2. The number of carbonyl (C=O) groups is 1. The fraction of sp³-hybridized carbons (Fsp3) is 0.235. The normalized spacial score (nSPS) is 11.2. The number of nitrogens with one attached hydrogen (secondary N) is 1. The molecule has 0 atom stereocenters. The molecule has 122 valence electrons. The van der Waals surface area contributed by atoms with Gasteiger partial charge in [-0.3, -0.25) is 9.52 Å². The summed E-state index contributed by atoms with van der Waals surface area (Å²) in [6.45, 7) is 1.90. The molecule has 0 saturated heterocycles. The van der Waals surface area contributed by atoms with Gasteiger partial charge in [0.25, 0.3) is 10.0 Å². The lowest BCUT2D eigenvalue weighted by molar-refractivity contribution is -0.137. The van der Waals surface area contributed by atoms with E-state index in [9.17, 15) is 13.2 Å². The number of hydrogen-bond acceptors (Lipinski definition) is 3. The average Bonchev–Trinajstić information content (AvgIpc) is 2.49. The largest absolute Gasteiger partial charge is 0.481 e. The summed E-state index contributed by atoms with van der Waals surface area (Å²) in [5.41, 5.74) is 2.45. The smallest absolute Gasteiger partial charge is 0.303 e. The number of sulfonamides is 1. The summed E-state index contributed by atoms with van der Waals surface area (Å²) in [4.78, 5) is 10.7. The van der Waals surface area contributed by atoms with Crippen LogP contribution in [0.2, 0.25) is 0 Å². The molecule has 2 rings (SSSR count). The number of anilines is 1. The Bertz CT molecular complexity index is 765. The van der Waals surface area contributed by atoms with Gasteiger partial charge in [0, 0.05) is 12.1 Å². The maximum atomic E-state index is 12.3. The Labute approximate surface area is 136 Å². The van der Waals surface area contributed by atoms with Crippen molar-refractivity contribution >= 4 is 21.7 Å². The lowest BCUT2D eigenvalue weighted by Gasteiger charge is -2.09. The molecule has 2 aromatic rings. The van der Waals surface area contributed by atoms with Crippen molar-refractivity contribution in [3.63, 3.8) is 0 Å². The van der Waals surface area contributed by atoms with Gasteiger partial charge >= 0.3 is 5.97 Å². The van der Waals surface area contributed by atoms with Crippen molar-refractivity contribution in [1.82, 2.24) is 0 Å². The molecule has 0 spiro atoms. The molecule has 0 fully saturated rings. The molecule has 6 heteroatoms. The van der Waals surface area contributed by atoms with Gasteiger partial charge in [0.05, 0.1) is 4.90 Å². The third-order valence-electron chi connectivity index (χ3n) is 3.39. The third-order valence-corrected chi connectivity index (χ3v) is 4.79. The molecule has 2 N–H and O–H groups in total. The first-order chi connectivity index (χ1) is 10.9. The summed E-state index contributed by atoms with van der Waals surface area (Å²) in [7, 11) is -3.60. The predicted octanol–water partition coefficient (Wildman–Crippen LogP) is 3.20. The molecule has 23 heavy (non-hydrogen) atoms. The summed E-state index contributed by atoms with van der Waals surface area (Å²) < 4.78 is 27.1. The molecule has 0 aliphatic heterocycles. The number of aryl methyl sites for hydroxylation is 2. The first kappa shape index (κ1) is 17.0. The molecule has 0 heterocycles. The van der Waals surface area contributed by atoms with Crippen LogP contribution in [0.25, 0.3) is 0 Å². The third kappa shape index (κ3) is 5.10. The van der Waals surface area contributed by atoms with Gasteiger partial charge in [-0.15, -0.1) is 0 Å². The van der Waals surface area contributed by atoms with Gasteiger partial charge in [0.2, 0.25) is 0 Å². The van der Waals surface area contributed by atoms with E-state index in [0.717, 1.165) is 11.1 Å². The Morgan fingerprint density at radius 3 is 2.22 bits per heavy atom. The summed E-state index contributed by atoms with van der Waals surface area (Å²) in [5, 5.41) is 8.61. The van der Waals surface area contributed by atoms with Gasteiger partial charge < -0.3 is 5.11 Å². The van der Waals surface area contributed by atoms with E-state index < -0.39 is 16.0 Å². The van der Waals surface area contributed by atoms with Gasteiger partial charge in [-0.05, 0) is 49.6 Å². The molecular formula is C17H19NO4S. The molecule has 2 aromatic carbocycles. The molecule has 0 unspecified atom stereocenters. The first-order valence-electron chi connectivity index (χ1n) is 7.27. The van der Waals surface area contributed by atoms with Crippen LogP contribution in [-0.4, -0.2) is 19.5 Å². The number of rotatable bonds is 7. The van der Waals surface area contributed by atoms with Gasteiger partial charge in [-0.2, -0.15) is 0 Å². The molecule has 0 aliphatic carbocycles. The lowest BCUT2D eigenvalue weighted by Crippen LogP contribution is -2.12.